The van der Waals surface area contributed by atoms with Crippen LogP contribution in [0.3, 0.4) is 0 Å². The van der Waals surface area contributed by atoms with Crippen molar-refractivity contribution >= 4 is 11.3 Å². The SMILES string of the molecule is Cc1ncsc1CCNCc1cccnn1. The Hall–Kier alpha value is -1.33. The standard InChI is InChI=1S/C11H14N4S/c1-9-11(16-8-13-9)4-6-12-7-10-3-2-5-14-15-10/h2-3,5,8,12H,4,6-7H2,1H3. The average molecular weight is 234 g/mol. The van der Waals surface area contributed by atoms with E-state index in [9.17, 15) is 0 Å². The lowest BCUT2D eigenvalue weighted by Gasteiger charge is -2.02. The van der Waals surface area contributed by atoms with Gasteiger partial charge in [0.2, 0.25) is 0 Å². The van der Waals surface area contributed by atoms with Crippen LogP contribution in [0.5, 0.6) is 0 Å². The lowest BCUT2D eigenvalue weighted by molar-refractivity contribution is 0.668. The summed E-state index contributed by atoms with van der Waals surface area (Å²) in [4.78, 5) is 5.58. The molecule has 0 aromatic carbocycles. The summed E-state index contributed by atoms with van der Waals surface area (Å²) in [7, 11) is 0. The quantitative estimate of drug-likeness (QED) is 0.798. The molecule has 2 aromatic rings. The maximum absolute atomic E-state index is 4.22. The number of thiazole rings is 1. The molecular weight excluding hydrogens is 220 g/mol. The van der Waals surface area contributed by atoms with E-state index in [0.29, 0.717) is 0 Å². The minimum Gasteiger partial charge on any atom is -0.311 e. The first-order valence-electron chi connectivity index (χ1n) is 5.22. The summed E-state index contributed by atoms with van der Waals surface area (Å²) in [6.07, 6.45) is 2.71. The third-order valence-corrected chi connectivity index (χ3v) is 3.30. The number of nitrogens with one attached hydrogen (secondary N) is 1. The average Bonchev–Trinajstić information content (AvgIpc) is 2.72. The van der Waals surface area contributed by atoms with Crippen molar-refractivity contribution in [2.24, 2.45) is 0 Å². The monoisotopic (exact) mass is 234 g/mol. The van der Waals surface area contributed by atoms with E-state index >= 15 is 0 Å². The molecule has 16 heavy (non-hydrogen) atoms. The maximum Gasteiger partial charge on any atom is 0.0797 e. The zero-order chi connectivity index (χ0) is 11.2. The lowest BCUT2D eigenvalue weighted by Crippen LogP contribution is -2.17. The van der Waals surface area contributed by atoms with Crippen molar-refractivity contribution in [3.8, 4) is 0 Å². The van der Waals surface area contributed by atoms with Crippen molar-refractivity contribution in [2.45, 2.75) is 19.9 Å². The Morgan fingerprint density at radius 2 is 2.38 bits per heavy atom. The first kappa shape index (κ1) is 11.2. The van der Waals surface area contributed by atoms with Crippen LogP contribution < -0.4 is 5.32 Å². The zero-order valence-electron chi connectivity index (χ0n) is 9.18. The summed E-state index contributed by atoms with van der Waals surface area (Å²) >= 11 is 1.72. The molecule has 0 atom stereocenters. The molecule has 5 heteroatoms. The highest BCUT2D eigenvalue weighted by Crippen LogP contribution is 2.11. The van der Waals surface area contributed by atoms with Gasteiger partial charge in [-0.25, -0.2) is 4.98 Å². The second-order valence-corrected chi connectivity index (χ2v) is 4.44. The second-order valence-electron chi connectivity index (χ2n) is 3.50. The number of hydrogen-bond donors (Lipinski definition) is 1. The fourth-order valence-corrected chi connectivity index (χ4v) is 2.19. The fraction of sp³-hybridized carbons (Fsp3) is 0.364. The van der Waals surface area contributed by atoms with Crippen LogP contribution in [0.25, 0.3) is 0 Å². The predicted octanol–water partition coefficient (Wildman–Crippen LogP) is 1.57. The van der Waals surface area contributed by atoms with Crippen LogP contribution in [0.15, 0.2) is 23.8 Å². The first-order valence-corrected chi connectivity index (χ1v) is 6.10. The van der Waals surface area contributed by atoms with Gasteiger partial charge in [-0.1, -0.05) is 0 Å². The van der Waals surface area contributed by atoms with Crippen LogP contribution in [0.4, 0.5) is 0 Å². The molecule has 2 heterocycles. The van der Waals surface area contributed by atoms with Crippen molar-refractivity contribution < 1.29 is 0 Å². The molecule has 0 bridgehead atoms. The molecular formula is C11H14N4S. The molecule has 1 N–H and O–H groups in total. The van der Waals surface area contributed by atoms with E-state index in [2.05, 4.69) is 27.4 Å². The molecule has 0 aliphatic heterocycles. The molecule has 0 saturated carbocycles. The Morgan fingerprint density at radius 3 is 3.06 bits per heavy atom. The second kappa shape index (κ2) is 5.67. The molecule has 2 aromatic heterocycles. The largest absolute Gasteiger partial charge is 0.311 e. The smallest absolute Gasteiger partial charge is 0.0797 e. The van der Waals surface area contributed by atoms with E-state index in [4.69, 9.17) is 0 Å². The molecule has 0 spiro atoms. The number of rotatable bonds is 5. The van der Waals surface area contributed by atoms with Gasteiger partial charge in [-0.3, -0.25) is 0 Å². The number of aromatic nitrogens is 3. The van der Waals surface area contributed by atoms with E-state index in [1.165, 1.54) is 4.88 Å². The Balaban J connectivity index is 1.72. The van der Waals surface area contributed by atoms with Crippen LogP contribution in [0.1, 0.15) is 16.3 Å². The summed E-state index contributed by atoms with van der Waals surface area (Å²) in [6.45, 7) is 3.76. The summed E-state index contributed by atoms with van der Waals surface area (Å²) in [5, 5.41) is 11.2. The summed E-state index contributed by atoms with van der Waals surface area (Å²) in [5.41, 5.74) is 4.02. The number of nitrogens with zero attached hydrogens (tertiary/aromatic N) is 3. The summed E-state index contributed by atoms with van der Waals surface area (Å²) in [6, 6.07) is 3.87. The van der Waals surface area contributed by atoms with Gasteiger partial charge in [0.1, 0.15) is 0 Å². The minimum atomic E-state index is 0.770. The van der Waals surface area contributed by atoms with Crippen LogP contribution in [0, 0.1) is 6.92 Å². The Labute approximate surface area is 98.8 Å². The Morgan fingerprint density at radius 1 is 1.44 bits per heavy atom. The van der Waals surface area contributed by atoms with Gasteiger partial charge in [0.15, 0.2) is 0 Å². The normalized spacial score (nSPS) is 10.6. The van der Waals surface area contributed by atoms with Gasteiger partial charge in [-0.2, -0.15) is 10.2 Å². The van der Waals surface area contributed by atoms with Crippen LogP contribution >= 0.6 is 11.3 Å². The summed E-state index contributed by atoms with van der Waals surface area (Å²) in [5.74, 6) is 0. The first-order chi connectivity index (χ1) is 7.86. The van der Waals surface area contributed by atoms with Gasteiger partial charge >= 0.3 is 0 Å². The Kier molecular flexibility index (Phi) is 3.96. The highest BCUT2D eigenvalue weighted by atomic mass is 32.1. The molecule has 0 unspecified atom stereocenters. The van der Waals surface area contributed by atoms with E-state index in [1.807, 2.05) is 17.6 Å². The third kappa shape index (κ3) is 3.08. The van der Waals surface area contributed by atoms with Crippen molar-refractivity contribution in [3.05, 3.63) is 40.1 Å². The van der Waals surface area contributed by atoms with Crippen LogP contribution in [0.2, 0.25) is 0 Å². The zero-order valence-corrected chi connectivity index (χ0v) is 10.00. The highest BCUT2D eigenvalue weighted by molar-refractivity contribution is 7.09. The fourth-order valence-electron chi connectivity index (χ4n) is 1.41. The van der Waals surface area contributed by atoms with Gasteiger partial charge < -0.3 is 5.32 Å². The molecule has 0 aliphatic carbocycles. The van der Waals surface area contributed by atoms with Crippen molar-refractivity contribution in [1.82, 2.24) is 20.5 Å². The topological polar surface area (TPSA) is 50.7 Å². The van der Waals surface area contributed by atoms with E-state index < -0.39 is 0 Å². The molecule has 0 fully saturated rings. The number of aryl methyl sites for hydroxylation is 1. The van der Waals surface area contributed by atoms with Gasteiger partial charge in [0.25, 0.3) is 0 Å². The highest BCUT2D eigenvalue weighted by Gasteiger charge is 2.00. The van der Waals surface area contributed by atoms with E-state index in [-0.39, 0.29) is 0 Å². The van der Waals surface area contributed by atoms with Crippen molar-refractivity contribution in [1.29, 1.82) is 0 Å². The summed E-state index contributed by atoms with van der Waals surface area (Å²) < 4.78 is 0. The molecule has 0 saturated heterocycles. The Bertz CT molecular complexity index is 427. The van der Waals surface area contributed by atoms with Gasteiger partial charge in [0.05, 0.1) is 16.9 Å². The van der Waals surface area contributed by atoms with Crippen LogP contribution in [-0.4, -0.2) is 21.7 Å². The van der Waals surface area contributed by atoms with Gasteiger partial charge in [-0.05, 0) is 25.5 Å². The predicted molar refractivity (Wildman–Crippen MR) is 64.3 cm³/mol. The molecule has 2 rings (SSSR count). The molecule has 4 nitrogen and oxygen atoms in total. The third-order valence-electron chi connectivity index (χ3n) is 2.31. The van der Waals surface area contributed by atoms with E-state index in [0.717, 1.165) is 30.9 Å². The van der Waals surface area contributed by atoms with E-state index in [1.54, 1.807) is 17.5 Å². The van der Waals surface area contributed by atoms with Gasteiger partial charge in [-0.15, -0.1) is 11.3 Å². The van der Waals surface area contributed by atoms with Gasteiger partial charge in [0, 0.05) is 24.2 Å². The van der Waals surface area contributed by atoms with Crippen molar-refractivity contribution in [3.63, 3.8) is 0 Å². The lowest BCUT2D eigenvalue weighted by atomic mass is 10.3. The van der Waals surface area contributed by atoms with Crippen LogP contribution in [-0.2, 0) is 13.0 Å². The van der Waals surface area contributed by atoms with Crippen molar-refractivity contribution in [2.75, 3.05) is 6.54 Å². The maximum atomic E-state index is 4.22. The molecule has 84 valence electrons. The molecule has 0 amide bonds. The number of hydrogen-bond acceptors (Lipinski definition) is 5. The minimum absolute atomic E-state index is 0.770. The molecule has 0 radical (unpaired) electrons. The molecule has 0 aliphatic rings.